The number of nitrogens with zero attached hydrogens (tertiary/aromatic N) is 2. The zero-order valence-electron chi connectivity index (χ0n) is 12.2. The molecule has 0 atom stereocenters. The maximum absolute atomic E-state index is 12.7. The number of fused-ring (bicyclic) bond motifs is 1. The minimum Gasteiger partial charge on any atom is -0.378 e. The highest BCUT2D eigenvalue weighted by Crippen LogP contribution is 2.32. The van der Waals surface area contributed by atoms with Gasteiger partial charge in [-0.1, -0.05) is 0 Å². The second-order valence-corrected chi connectivity index (χ2v) is 5.56. The van der Waals surface area contributed by atoms with E-state index in [9.17, 15) is 4.39 Å². The number of nitrogens with two attached hydrogens (primary N) is 1. The predicted octanol–water partition coefficient (Wildman–Crippen LogP) is 1.70. The molecule has 3 rings (SSSR count). The zero-order chi connectivity index (χ0) is 14.7. The number of rotatable bonds is 4. The van der Waals surface area contributed by atoms with Gasteiger partial charge in [0.2, 0.25) is 0 Å². The van der Waals surface area contributed by atoms with E-state index in [4.69, 9.17) is 10.5 Å². The smallest absolute Gasteiger partial charge is 0.0889 e. The first-order valence-electron chi connectivity index (χ1n) is 7.50. The monoisotopic (exact) mass is 291 g/mol. The Labute approximate surface area is 125 Å². The Hall–Kier alpha value is -1.59. The molecule has 0 amide bonds. The molecule has 1 fully saturated rings. The zero-order valence-corrected chi connectivity index (χ0v) is 12.2. The minimum absolute atomic E-state index is 0.272. The van der Waals surface area contributed by atoms with Crippen LogP contribution in [0.2, 0.25) is 0 Å². The molecule has 1 aromatic rings. The summed E-state index contributed by atoms with van der Waals surface area (Å²) in [5, 5.41) is 0. The number of ether oxygens (including phenoxy) is 1. The molecular formula is C16H22FN3O. The molecule has 0 aromatic heterocycles. The van der Waals surface area contributed by atoms with Crippen molar-refractivity contribution < 1.29 is 9.13 Å². The normalized spacial score (nSPS) is 19.0. The number of anilines is 2. The van der Waals surface area contributed by atoms with E-state index in [2.05, 4.69) is 28.0 Å². The van der Waals surface area contributed by atoms with Gasteiger partial charge in [0.25, 0.3) is 0 Å². The third-order valence-electron chi connectivity index (χ3n) is 4.24. The van der Waals surface area contributed by atoms with Crippen LogP contribution in [0.25, 0.3) is 0 Å². The molecule has 0 unspecified atom stereocenters. The predicted molar refractivity (Wildman–Crippen MR) is 83.6 cm³/mol. The molecule has 2 N–H and O–H groups in total. The van der Waals surface area contributed by atoms with Crippen molar-refractivity contribution in [3.63, 3.8) is 0 Å². The summed E-state index contributed by atoms with van der Waals surface area (Å²) < 4.78 is 18.1. The molecule has 0 spiro atoms. The van der Waals surface area contributed by atoms with Gasteiger partial charge in [-0.15, -0.1) is 0 Å². The second kappa shape index (κ2) is 6.45. The third-order valence-corrected chi connectivity index (χ3v) is 4.24. The van der Waals surface area contributed by atoms with Crippen molar-refractivity contribution in [3.8, 4) is 0 Å². The third kappa shape index (κ3) is 3.04. The van der Waals surface area contributed by atoms with Crippen LogP contribution in [0.3, 0.4) is 0 Å². The molecule has 2 aliphatic heterocycles. The molecule has 0 radical (unpaired) electrons. The van der Waals surface area contributed by atoms with Gasteiger partial charge in [0.1, 0.15) is 0 Å². The molecule has 21 heavy (non-hydrogen) atoms. The highest BCUT2D eigenvalue weighted by Gasteiger charge is 2.21. The van der Waals surface area contributed by atoms with Crippen LogP contribution in [-0.4, -0.2) is 45.9 Å². The van der Waals surface area contributed by atoms with Crippen molar-refractivity contribution in [1.82, 2.24) is 0 Å². The number of hydrogen-bond donors (Lipinski definition) is 1. The van der Waals surface area contributed by atoms with Gasteiger partial charge in [-0.25, -0.2) is 4.39 Å². The number of morpholine rings is 1. The first kappa shape index (κ1) is 14.4. The molecule has 0 saturated carbocycles. The Morgan fingerprint density at radius 3 is 2.81 bits per heavy atom. The Bertz CT molecular complexity index is 526. The van der Waals surface area contributed by atoms with E-state index in [1.165, 1.54) is 16.9 Å². The molecule has 1 aromatic carbocycles. The standard InChI is InChI=1S/C16H22FN3O/c17-10-13(11-18)12-20-4-3-14-9-15(1-2-16(14)20)19-5-7-21-8-6-19/h1-2,9-10H,3-8,11-12,18H2/b13-10+. The average molecular weight is 291 g/mol. The second-order valence-electron chi connectivity index (χ2n) is 5.56. The minimum atomic E-state index is 0.272. The van der Waals surface area contributed by atoms with Crippen LogP contribution >= 0.6 is 0 Å². The first-order valence-corrected chi connectivity index (χ1v) is 7.50. The van der Waals surface area contributed by atoms with Gasteiger partial charge in [-0.2, -0.15) is 0 Å². The molecule has 0 bridgehead atoms. The Kier molecular flexibility index (Phi) is 4.41. The average Bonchev–Trinajstić information content (AvgIpc) is 2.95. The molecular weight excluding hydrogens is 269 g/mol. The summed E-state index contributed by atoms with van der Waals surface area (Å²) in [6.45, 7) is 5.27. The van der Waals surface area contributed by atoms with Gasteiger partial charge in [0.05, 0.1) is 19.5 Å². The Morgan fingerprint density at radius 2 is 2.10 bits per heavy atom. The van der Waals surface area contributed by atoms with Gasteiger partial charge in [0, 0.05) is 44.1 Å². The molecule has 2 aliphatic rings. The van der Waals surface area contributed by atoms with Gasteiger partial charge >= 0.3 is 0 Å². The van der Waals surface area contributed by atoms with Crippen molar-refractivity contribution in [2.75, 3.05) is 55.7 Å². The lowest BCUT2D eigenvalue weighted by molar-refractivity contribution is 0.122. The van der Waals surface area contributed by atoms with Crippen molar-refractivity contribution in [3.05, 3.63) is 35.7 Å². The molecule has 114 valence electrons. The van der Waals surface area contributed by atoms with Crippen LogP contribution in [-0.2, 0) is 11.2 Å². The van der Waals surface area contributed by atoms with E-state index in [-0.39, 0.29) is 6.54 Å². The van der Waals surface area contributed by atoms with E-state index >= 15 is 0 Å². The summed E-state index contributed by atoms with van der Waals surface area (Å²) in [6.07, 6.45) is 1.65. The largest absolute Gasteiger partial charge is 0.378 e. The maximum Gasteiger partial charge on any atom is 0.0889 e. The summed E-state index contributed by atoms with van der Waals surface area (Å²) in [6, 6.07) is 6.57. The molecule has 1 saturated heterocycles. The van der Waals surface area contributed by atoms with Gasteiger partial charge in [-0.3, -0.25) is 0 Å². The van der Waals surface area contributed by atoms with Crippen LogP contribution in [0.15, 0.2) is 30.1 Å². The molecule has 5 heteroatoms. The van der Waals surface area contributed by atoms with Gasteiger partial charge < -0.3 is 20.3 Å². The van der Waals surface area contributed by atoms with E-state index < -0.39 is 0 Å². The number of benzene rings is 1. The van der Waals surface area contributed by atoms with E-state index in [0.29, 0.717) is 18.4 Å². The molecule has 4 nitrogen and oxygen atoms in total. The fourth-order valence-corrected chi connectivity index (χ4v) is 3.03. The summed E-state index contributed by atoms with van der Waals surface area (Å²) in [5.41, 5.74) is 10.0. The van der Waals surface area contributed by atoms with Crippen LogP contribution in [0.5, 0.6) is 0 Å². The van der Waals surface area contributed by atoms with E-state index in [0.717, 1.165) is 39.3 Å². The van der Waals surface area contributed by atoms with Gasteiger partial charge in [-0.05, 0) is 35.8 Å². The van der Waals surface area contributed by atoms with Crippen molar-refractivity contribution in [1.29, 1.82) is 0 Å². The lowest BCUT2D eigenvalue weighted by Gasteiger charge is -2.29. The number of halogens is 1. The summed E-state index contributed by atoms with van der Waals surface area (Å²) >= 11 is 0. The highest BCUT2D eigenvalue weighted by atomic mass is 19.1. The van der Waals surface area contributed by atoms with Crippen molar-refractivity contribution >= 4 is 11.4 Å². The number of hydrogen-bond acceptors (Lipinski definition) is 4. The summed E-state index contributed by atoms with van der Waals surface area (Å²) in [7, 11) is 0. The van der Waals surface area contributed by atoms with Crippen LogP contribution in [0.1, 0.15) is 5.56 Å². The molecule has 0 aliphatic carbocycles. The van der Waals surface area contributed by atoms with Crippen molar-refractivity contribution in [2.24, 2.45) is 5.73 Å². The molecule has 2 heterocycles. The fourth-order valence-electron chi connectivity index (χ4n) is 3.03. The quantitative estimate of drug-likeness (QED) is 0.917. The first-order chi connectivity index (χ1) is 10.3. The fraction of sp³-hybridized carbons (Fsp3) is 0.500. The van der Waals surface area contributed by atoms with E-state index in [1.54, 1.807) is 0 Å². The van der Waals surface area contributed by atoms with E-state index in [1.807, 2.05) is 0 Å². The SMILES string of the molecule is NC/C(=C\F)CN1CCc2cc(N3CCOCC3)ccc21. The lowest BCUT2D eigenvalue weighted by atomic mass is 10.1. The highest BCUT2D eigenvalue weighted by molar-refractivity contribution is 5.65. The maximum atomic E-state index is 12.7. The van der Waals surface area contributed by atoms with Crippen LogP contribution in [0.4, 0.5) is 15.8 Å². The summed E-state index contributed by atoms with van der Waals surface area (Å²) in [4.78, 5) is 4.57. The Balaban J connectivity index is 1.75. The van der Waals surface area contributed by atoms with Gasteiger partial charge in [0.15, 0.2) is 0 Å². The Morgan fingerprint density at radius 1 is 1.29 bits per heavy atom. The van der Waals surface area contributed by atoms with Crippen LogP contribution in [0, 0.1) is 0 Å². The van der Waals surface area contributed by atoms with Crippen molar-refractivity contribution in [2.45, 2.75) is 6.42 Å². The lowest BCUT2D eigenvalue weighted by Crippen LogP contribution is -2.36. The topological polar surface area (TPSA) is 41.7 Å². The summed E-state index contributed by atoms with van der Waals surface area (Å²) in [5.74, 6) is 0. The van der Waals surface area contributed by atoms with Crippen LogP contribution < -0.4 is 15.5 Å².